The first kappa shape index (κ1) is 13.1. The molecule has 1 aromatic carbocycles. The molecular weight excluding hydrogens is 241 g/mol. The van der Waals surface area contributed by atoms with Crippen molar-refractivity contribution in [3.63, 3.8) is 0 Å². The van der Waals surface area contributed by atoms with Gasteiger partial charge in [-0.1, -0.05) is 23.9 Å². The Kier molecular flexibility index (Phi) is 4.82. The molecule has 1 aromatic rings. The summed E-state index contributed by atoms with van der Waals surface area (Å²) in [6.45, 7) is -1.26. The van der Waals surface area contributed by atoms with Crippen molar-refractivity contribution in [1.29, 1.82) is 0 Å². The van der Waals surface area contributed by atoms with Crippen LogP contribution < -0.4 is 0 Å². The highest BCUT2D eigenvalue weighted by atomic mass is 32.2. The molecule has 16 heavy (non-hydrogen) atoms. The van der Waals surface area contributed by atoms with Gasteiger partial charge in [-0.15, -0.1) is 0 Å². The zero-order valence-electron chi connectivity index (χ0n) is 8.16. The monoisotopic (exact) mass is 250 g/mol. The second kappa shape index (κ2) is 5.91. The number of hydrogen-bond donors (Lipinski definition) is 0. The Morgan fingerprint density at radius 2 is 2.12 bits per heavy atom. The van der Waals surface area contributed by atoms with Gasteiger partial charge in [0.25, 0.3) is 0 Å². The van der Waals surface area contributed by atoms with E-state index in [1.54, 1.807) is 24.3 Å². The lowest BCUT2D eigenvalue weighted by Crippen LogP contribution is -2.16. The normalized spacial score (nSPS) is 11.4. The maximum atomic E-state index is 11.7. The molecule has 0 fully saturated rings. The number of ether oxygens (including phenoxy) is 1. The second-order valence-electron chi connectivity index (χ2n) is 2.92. The molecule has 0 unspecified atom stereocenters. The van der Waals surface area contributed by atoms with Crippen LogP contribution in [0, 0.1) is 0 Å². The minimum Gasteiger partial charge on any atom is -0.361 e. The van der Waals surface area contributed by atoms with E-state index >= 15 is 0 Å². The van der Waals surface area contributed by atoms with E-state index in [-0.39, 0.29) is 5.94 Å². The van der Waals surface area contributed by atoms with Gasteiger partial charge >= 0.3 is 6.18 Å². The molecule has 0 atom stereocenters. The first-order valence-corrected chi connectivity index (χ1v) is 5.32. The fraction of sp³-hybridized carbons (Fsp3) is 0.300. The molecule has 0 N–H and O–H groups in total. The number of carbonyl (C=O) groups is 1. The third kappa shape index (κ3) is 5.18. The van der Waals surface area contributed by atoms with E-state index in [9.17, 15) is 18.0 Å². The van der Waals surface area contributed by atoms with Crippen LogP contribution in [-0.4, -0.2) is 25.0 Å². The van der Waals surface area contributed by atoms with Crippen molar-refractivity contribution in [1.82, 2.24) is 0 Å². The van der Waals surface area contributed by atoms with Crippen molar-refractivity contribution in [3.8, 4) is 0 Å². The minimum atomic E-state index is -4.30. The lowest BCUT2D eigenvalue weighted by atomic mass is 10.2. The second-order valence-corrected chi connectivity index (χ2v) is 3.91. The number of aldehydes is 1. The van der Waals surface area contributed by atoms with Crippen molar-refractivity contribution >= 4 is 18.0 Å². The third-order valence-corrected chi connectivity index (χ3v) is 2.44. The van der Waals surface area contributed by atoms with Crippen molar-refractivity contribution in [3.05, 3.63) is 29.8 Å². The van der Waals surface area contributed by atoms with Gasteiger partial charge < -0.3 is 4.74 Å². The fourth-order valence-corrected chi connectivity index (χ4v) is 1.64. The van der Waals surface area contributed by atoms with Crippen LogP contribution in [0.25, 0.3) is 0 Å². The maximum absolute atomic E-state index is 11.7. The van der Waals surface area contributed by atoms with Crippen molar-refractivity contribution < 1.29 is 22.7 Å². The van der Waals surface area contributed by atoms with E-state index in [0.717, 1.165) is 11.8 Å². The zero-order valence-corrected chi connectivity index (χ0v) is 8.98. The standard InChI is InChI=1S/C10H9F3O2S/c11-10(12,13)6-15-7-16-9-3-1-2-8(4-9)5-14/h1-5H,6-7H2. The number of halogens is 3. The van der Waals surface area contributed by atoms with Gasteiger partial charge in [-0.3, -0.25) is 4.79 Å². The molecule has 0 aliphatic carbocycles. The van der Waals surface area contributed by atoms with E-state index < -0.39 is 12.8 Å². The minimum absolute atomic E-state index is 0.0954. The van der Waals surface area contributed by atoms with Gasteiger partial charge in [-0.25, -0.2) is 0 Å². The number of hydrogen-bond acceptors (Lipinski definition) is 3. The third-order valence-electron chi connectivity index (χ3n) is 1.57. The van der Waals surface area contributed by atoms with Crippen molar-refractivity contribution in [2.45, 2.75) is 11.1 Å². The van der Waals surface area contributed by atoms with Crippen LogP contribution in [0.4, 0.5) is 13.2 Å². The molecule has 1 rings (SSSR count). The van der Waals surface area contributed by atoms with Gasteiger partial charge in [0.1, 0.15) is 12.9 Å². The SMILES string of the molecule is O=Cc1cccc(SCOCC(F)(F)F)c1. The number of carbonyl (C=O) groups excluding carboxylic acids is 1. The van der Waals surface area contributed by atoms with Gasteiger partial charge in [0, 0.05) is 10.5 Å². The molecule has 6 heteroatoms. The first-order chi connectivity index (χ1) is 7.51. The summed E-state index contributed by atoms with van der Waals surface area (Å²) in [5, 5.41) is 0. The van der Waals surface area contributed by atoms with Gasteiger partial charge in [-0.05, 0) is 12.1 Å². The number of alkyl halides is 3. The Balaban J connectivity index is 2.34. The average molecular weight is 250 g/mol. The quantitative estimate of drug-likeness (QED) is 0.347. The summed E-state index contributed by atoms with van der Waals surface area (Å²) in [6, 6.07) is 6.58. The van der Waals surface area contributed by atoms with Crippen LogP contribution >= 0.6 is 11.8 Å². The molecule has 0 aromatic heterocycles. The van der Waals surface area contributed by atoms with Gasteiger partial charge in [-0.2, -0.15) is 13.2 Å². The smallest absolute Gasteiger partial charge is 0.361 e. The molecule has 0 spiro atoms. The summed E-state index contributed by atoms with van der Waals surface area (Å²) in [7, 11) is 0. The van der Waals surface area contributed by atoms with E-state index in [1.165, 1.54) is 0 Å². The summed E-state index contributed by atoms with van der Waals surface area (Å²) in [5.74, 6) is -0.0954. The van der Waals surface area contributed by atoms with E-state index in [0.29, 0.717) is 16.7 Å². The molecule has 0 saturated heterocycles. The number of rotatable bonds is 5. The van der Waals surface area contributed by atoms with Crippen LogP contribution in [0.3, 0.4) is 0 Å². The molecule has 0 saturated carbocycles. The summed E-state index contributed by atoms with van der Waals surface area (Å²) in [5.41, 5.74) is 0.487. The fourth-order valence-electron chi connectivity index (χ4n) is 0.945. The predicted molar refractivity (Wildman–Crippen MR) is 54.6 cm³/mol. The number of benzene rings is 1. The van der Waals surface area contributed by atoms with Crippen LogP contribution in [-0.2, 0) is 4.74 Å². The van der Waals surface area contributed by atoms with Gasteiger partial charge in [0.2, 0.25) is 0 Å². The highest BCUT2D eigenvalue weighted by molar-refractivity contribution is 7.99. The lowest BCUT2D eigenvalue weighted by Gasteiger charge is -2.07. The first-order valence-electron chi connectivity index (χ1n) is 4.34. The molecule has 0 aliphatic heterocycles. The van der Waals surface area contributed by atoms with Crippen molar-refractivity contribution in [2.75, 3.05) is 12.5 Å². The Morgan fingerprint density at radius 3 is 2.75 bits per heavy atom. The largest absolute Gasteiger partial charge is 0.411 e. The Bertz CT molecular complexity index is 352. The van der Waals surface area contributed by atoms with Crippen LogP contribution in [0.2, 0.25) is 0 Å². The predicted octanol–water partition coefficient (Wildman–Crippen LogP) is 3.13. The topological polar surface area (TPSA) is 26.3 Å². The summed E-state index contributed by atoms with van der Waals surface area (Å²) < 4.78 is 39.6. The molecule has 0 radical (unpaired) electrons. The van der Waals surface area contributed by atoms with Crippen molar-refractivity contribution in [2.24, 2.45) is 0 Å². The Morgan fingerprint density at radius 1 is 1.38 bits per heavy atom. The highest BCUT2D eigenvalue weighted by Gasteiger charge is 2.27. The molecule has 2 nitrogen and oxygen atoms in total. The highest BCUT2D eigenvalue weighted by Crippen LogP contribution is 2.20. The van der Waals surface area contributed by atoms with Crippen LogP contribution in [0.1, 0.15) is 10.4 Å². The molecule has 0 bridgehead atoms. The van der Waals surface area contributed by atoms with E-state index in [4.69, 9.17) is 0 Å². The Labute approximate surface area is 94.8 Å². The summed E-state index contributed by atoms with van der Waals surface area (Å²) in [6.07, 6.45) is -3.62. The van der Waals surface area contributed by atoms with E-state index in [2.05, 4.69) is 4.74 Å². The zero-order chi connectivity index (χ0) is 12.0. The summed E-state index contributed by atoms with van der Waals surface area (Å²) >= 11 is 1.11. The molecule has 88 valence electrons. The molecule has 0 heterocycles. The average Bonchev–Trinajstić information content (AvgIpc) is 2.23. The maximum Gasteiger partial charge on any atom is 0.411 e. The molecule has 0 amide bonds. The van der Waals surface area contributed by atoms with Gasteiger partial charge in [0.15, 0.2) is 0 Å². The summed E-state index contributed by atoms with van der Waals surface area (Å²) in [4.78, 5) is 11.1. The lowest BCUT2D eigenvalue weighted by molar-refractivity contribution is -0.168. The molecular formula is C10H9F3O2S. The van der Waals surface area contributed by atoms with Crippen LogP contribution in [0.15, 0.2) is 29.2 Å². The Hall–Kier alpha value is -1.01. The van der Waals surface area contributed by atoms with Gasteiger partial charge in [0.05, 0.1) is 5.94 Å². The molecule has 0 aliphatic rings. The van der Waals surface area contributed by atoms with E-state index in [1.807, 2.05) is 0 Å². The van der Waals surface area contributed by atoms with Crippen LogP contribution in [0.5, 0.6) is 0 Å². The number of thioether (sulfide) groups is 1.